The molecule has 18 heteroatoms. The van der Waals surface area contributed by atoms with Crippen molar-refractivity contribution in [2.24, 2.45) is 11.8 Å². The Hall–Kier alpha value is -5.78. The minimum atomic E-state index is -1.23. The second-order valence-electron chi connectivity index (χ2n) is 23.4. The van der Waals surface area contributed by atoms with Gasteiger partial charge in [-0.2, -0.15) is 0 Å². The predicted molar refractivity (Wildman–Crippen MR) is 291 cm³/mol. The molecule has 0 bridgehead atoms. The van der Waals surface area contributed by atoms with Crippen LogP contribution in [0, 0.1) is 11.8 Å². The van der Waals surface area contributed by atoms with E-state index in [1.165, 1.54) is 6.33 Å². The molecule has 2 saturated carbocycles. The highest BCUT2D eigenvalue weighted by Crippen LogP contribution is 2.37. The molecule has 2 atom stereocenters. The van der Waals surface area contributed by atoms with Crippen molar-refractivity contribution in [3.05, 3.63) is 88.8 Å². The number of carbonyl (C=O) groups excluding carboxylic acids is 5. The fourth-order valence-corrected chi connectivity index (χ4v) is 12.3. The van der Waals surface area contributed by atoms with Gasteiger partial charge in [-0.05, 0) is 139 Å². The largest absolute Gasteiger partial charge is 0.444 e. The zero-order valence-corrected chi connectivity index (χ0v) is 45.3. The maximum atomic E-state index is 14.8. The number of anilines is 1. The van der Waals surface area contributed by atoms with Gasteiger partial charge in [0.15, 0.2) is 0 Å². The number of fused-ring (bicyclic) bond motifs is 1. The number of H-pyrrole nitrogens is 1. The molecule has 408 valence electrons. The van der Waals surface area contributed by atoms with Gasteiger partial charge >= 0.3 is 6.09 Å². The van der Waals surface area contributed by atoms with Crippen molar-refractivity contribution in [2.75, 3.05) is 63.8 Å². The number of hydrogen-bond donors (Lipinski definition) is 4. The van der Waals surface area contributed by atoms with Crippen molar-refractivity contribution in [1.29, 1.82) is 0 Å². The Morgan fingerprint density at radius 3 is 2.18 bits per heavy atom. The number of rotatable bonds is 16. The number of aromatic nitrogens is 3. The Kier molecular flexibility index (Phi) is 16.5. The number of piperidine rings is 3. The minimum Gasteiger partial charge on any atom is -0.444 e. The van der Waals surface area contributed by atoms with Gasteiger partial charge in [-0.3, -0.25) is 19.2 Å². The molecule has 5 amide bonds. The van der Waals surface area contributed by atoms with E-state index in [2.05, 4.69) is 40.7 Å². The Labute approximate surface area is 451 Å². The summed E-state index contributed by atoms with van der Waals surface area (Å²) in [6.45, 7) is 11.4. The Morgan fingerprint density at radius 2 is 1.50 bits per heavy atom. The van der Waals surface area contributed by atoms with Crippen LogP contribution in [0.15, 0.2) is 67.1 Å². The minimum absolute atomic E-state index is 0.0151. The number of carbonyl (C=O) groups is 5. The van der Waals surface area contributed by atoms with E-state index >= 15 is 0 Å². The molecule has 6 heterocycles. The monoisotopic (exact) mass is 1060 g/mol. The van der Waals surface area contributed by atoms with E-state index in [0.29, 0.717) is 69.1 Å². The third-order valence-corrected chi connectivity index (χ3v) is 17.1. The summed E-state index contributed by atoms with van der Waals surface area (Å²) in [5.41, 5.74) is 1.32. The SMILES string of the molecule is CC(C)(C)OC(=O)NC1(C(=O)N[C@@H](CCN2CCC(OC3CCN(C(=O)[C@H](NC(=O)c4cccc(C5CN(C(=O)C6CC6)C5)c4)C4CCCCC4)CC3)CC2)c2ccc(Cl)cc2)CCN(c2ncnc3[nH]ccc23)CC1. The van der Waals surface area contributed by atoms with Crippen molar-refractivity contribution in [3.63, 3.8) is 0 Å². The number of aromatic amines is 1. The van der Waals surface area contributed by atoms with Crippen LogP contribution < -0.4 is 20.9 Å². The summed E-state index contributed by atoms with van der Waals surface area (Å²) >= 11 is 6.36. The summed E-state index contributed by atoms with van der Waals surface area (Å²) in [6, 6.07) is 16.4. The first-order chi connectivity index (χ1) is 36.7. The van der Waals surface area contributed by atoms with Crippen molar-refractivity contribution in [3.8, 4) is 0 Å². The number of ether oxygens (including phenoxy) is 2. The summed E-state index contributed by atoms with van der Waals surface area (Å²) < 4.78 is 12.5. The molecule has 2 aliphatic carbocycles. The standard InChI is InChI=1S/C58H77ClN10O7/c1-57(2,3)76-56(74)65-58(24-32-67(33-25-58)51-47-18-26-60-50(47)61-37-62-51)55(73)63-48(38-14-16-44(59)17-15-38)23-29-66-27-19-45(20-28-66)75-46-21-30-68(31-22-46)54(72)49(39-8-5-4-6-9-39)64-52(70)42-11-7-10-41(34-42)43-35-69(36-43)53(71)40-12-13-40/h7,10-11,14-18,26,34,37,39-40,43,45-46,48-49H,4-6,8-9,12-13,19-25,27-33,35-36H2,1-3H3,(H,63,73)(H,64,70)(H,65,74)(H,60,61,62)/t48-,49+/m0/s1. The van der Waals surface area contributed by atoms with Gasteiger partial charge in [0.2, 0.25) is 17.7 Å². The third-order valence-electron chi connectivity index (χ3n) is 16.8. The van der Waals surface area contributed by atoms with Crippen LogP contribution in [0.4, 0.5) is 10.6 Å². The smallest absolute Gasteiger partial charge is 0.408 e. The maximum absolute atomic E-state index is 14.8. The lowest BCUT2D eigenvalue weighted by Gasteiger charge is -2.42. The topological polar surface area (TPSA) is 194 Å². The summed E-state index contributed by atoms with van der Waals surface area (Å²) in [5, 5.41) is 11.1. The molecule has 4 aliphatic heterocycles. The molecular weight excluding hydrogens is 984 g/mol. The van der Waals surface area contributed by atoms with E-state index in [4.69, 9.17) is 21.1 Å². The number of nitrogens with zero attached hydrogens (tertiary/aromatic N) is 6. The van der Waals surface area contributed by atoms with Crippen LogP contribution in [-0.4, -0.2) is 148 Å². The summed E-state index contributed by atoms with van der Waals surface area (Å²) in [6.07, 6.45) is 14.6. The highest BCUT2D eigenvalue weighted by atomic mass is 35.5. The van der Waals surface area contributed by atoms with Gasteiger partial charge in [-0.15, -0.1) is 0 Å². The van der Waals surface area contributed by atoms with E-state index in [1.807, 2.05) is 91.4 Å². The van der Waals surface area contributed by atoms with Crippen molar-refractivity contribution < 1.29 is 33.4 Å². The fraction of sp³-hybridized carbons (Fsp3) is 0.603. The van der Waals surface area contributed by atoms with Crippen LogP contribution in [-0.2, 0) is 23.9 Å². The molecule has 0 unspecified atom stereocenters. The first kappa shape index (κ1) is 53.6. The number of halogens is 1. The number of amides is 5. The number of hydrogen-bond acceptors (Lipinski definition) is 11. The van der Waals surface area contributed by atoms with Crippen LogP contribution in [0.25, 0.3) is 11.0 Å². The summed E-state index contributed by atoms with van der Waals surface area (Å²) in [5.74, 6) is 1.13. The molecule has 6 aliphatic rings. The molecule has 10 rings (SSSR count). The molecule has 0 radical (unpaired) electrons. The van der Waals surface area contributed by atoms with Gasteiger partial charge in [0.25, 0.3) is 5.91 Å². The van der Waals surface area contributed by atoms with Gasteiger partial charge in [-0.25, -0.2) is 14.8 Å². The third kappa shape index (κ3) is 13.0. The number of alkyl carbamates (subject to hydrolysis) is 1. The number of nitrogens with one attached hydrogen (secondary N) is 4. The molecule has 2 aromatic carbocycles. The predicted octanol–water partition coefficient (Wildman–Crippen LogP) is 7.91. The first-order valence-corrected chi connectivity index (χ1v) is 28.5. The zero-order chi connectivity index (χ0) is 53.0. The van der Waals surface area contributed by atoms with Crippen LogP contribution in [0.5, 0.6) is 0 Å². The lowest BCUT2D eigenvalue weighted by atomic mass is 9.83. The molecule has 2 aromatic heterocycles. The number of likely N-dealkylation sites (tertiary alicyclic amines) is 3. The van der Waals surface area contributed by atoms with Crippen LogP contribution in [0.2, 0.25) is 5.02 Å². The van der Waals surface area contributed by atoms with E-state index in [-0.39, 0.29) is 59.6 Å². The summed E-state index contributed by atoms with van der Waals surface area (Å²) in [4.78, 5) is 89.6. The normalized spacial score (nSPS) is 21.1. The highest BCUT2D eigenvalue weighted by Gasteiger charge is 2.46. The highest BCUT2D eigenvalue weighted by molar-refractivity contribution is 6.30. The quantitative estimate of drug-likeness (QED) is 0.0852. The molecule has 0 spiro atoms. The van der Waals surface area contributed by atoms with Crippen molar-refractivity contribution >= 4 is 58.2 Å². The Balaban J connectivity index is 0.713. The van der Waals surface area contributed by atoms with E-state index in [0.717, 1.165) is 118 Å². The molecule has 4 N–H and O–H groups in total. The lowest BCUT2D eigenvalue weighted by Crippen LogP contribution is -2.64. The molecule has 6 fully saturated rings. The van der Waals surface area contributed by atoms with E-state index in [9.17, 15) is 24.0 Å². The van der Waals surface area contributed by atoms with Gasteiger partial charge < -0.3 is 50.0 Å². The molecule has 4 aromatic rings. The maximum Gasteiger partial charge on any atom is 0.408 e. The fourth-order valence-electron chi connectivity index (χ4n) is 12.2. The van der Waals surface area contributed by atoms with Crippen LogP contribution in [0.3, 0.4) is 0 Å². The van der Waals surface area contributed by atoms with Gasteiger partial charge in [-0.1, -0.05) is 55.1 Å². The average Bonchev–Trinajstić information content (AvgIpc) is 4.17. The van der Waals surface area contributed by atoms with E-state index in [1.54, 1.807) is 0 Å². The first-order valence-electron chi connectivity index (χ1n) is 28.1. The Morgan fingerprint density at radius 1 is 0.803 bits per heavy atom. The molecule has 17 nitrogen and oxygen atoms in total. The molecule has 4 saturated heterocycles. The van der Waals surface area contributed by atoms with Crippen molar-refractivity contribution in [1.82, 2.24) is 45.6 Å². The Bertz CT molecular complexity index is 2670. The second-order valence-corrected chi connectivity index (χ2v) is 23.8. The van der Waals surface area contributed by atoms with E-state index < -0.39 is 23.3 Å². The lowest BCUT2D eigenvalue weighted by molar-refractivity contribution is -0.139. The number of benzene rings is 2. The van der Waals surface area contributed by atoms with Crippen LogP contribution >= 0.6 is 11.6 Å². The molecule has 76 heavy (non-hydrogen) atoms. The van der Waals surface area contributed by atoms with Gasteiger partial charge in [0.1, 0.15) is 35.0 Å². The van der Waals surface area contributed by atoms with Gasteiger partial charge in [0, 0.05) is 87.5 Å². The average molecular weight is 1060 g/mol. The van der Waals surface area contributed by atoms with Crippen molar-refractivity contribution in [2.45, 2.75) is 152 Å². The van der Waals surface area contributed by atoms with Crippen LogP contribution in [0.1, 0.15) is 144 Å². The zero-order valence-electron chi connectivity index (χ0n) is 44.6. The molecular formula is C58H77ClN10O7. The summed E-state index contributed by atoms with van der Waals surface area (Å²) in [7, 11) is 0. The second kappa shape index (κ2) is 23.4. The van der Waals surface area contributed by atoms with Gasteiger partial charge in [0.05, 0.1) is 23.6 Å².